The molecule has 0 atom stereocenters. The number of hydrogen-bond donors (Lipinski definition) is 2. The number of nitrogens with one attached hydrogen (secondary N) is 2. The number of hydrogen-bond acceptors (Lipinski definition) is 5. The molecule has 1 aliphatic heterocycles. The predicted molar refractivity (Wildman–Crippen MR) is 125 cm³/mol. The number of thiophene rings is 1. The molecule has 1 aliphatic rings. The molecule has 3 aromatic rings. The Morgan fingerprint density at radius 1 is 1.03 bits per heavy atom. The molecule has 3 amide bonds. The first-order valence-corrected chi connectivity index (χ1v) is 11.2. The van der Waals surface area contributed by atoms with E-state index in [0.29, 0.717) is 39.3 Å². The van der Waals surface area contributed by atoms with E-state index in [1.165, 1.54) is 11.3 Å². The summed E-state index contributed by atoms with van der Waals surface area (Å²) >= 11 is 7.09. The van der Waals surface area contributed by atoms with E-state index in [4.69, 9.17) is 16.3 Å². The van der Waals surface area contributed by atoms with Crippen LogP contribution in [0, 0.1) is 0 Å². The molecule has 0 bridgehead atoms. The van der Waals surface area contributed by atoms with Crippen molar-refractivity contribution in [1.29, 1.82) is 0 Å². The molecule has 2 aromatic carbocycles. The van der Waals surface area contributed by atoms with Crippen LogP contribution >= 0.6 is 22.9 Å². The Morgan fingerprint density at radius 2 is 1.81 bits per heavy atom. The van der Waals surface area contributed by atoms with E-state index in [9.17, 15) is 14.4 Å². The molecule has 0 spiro atoms. The van der Waals surface area contributed by atoms with E-state index >= 15 is 0 Å². The zero-order valence-corrected chi connectivity index (χ0v) is 18.5. The molecule has 2 N–H and O–H groups in total. The molecule has 1 aromatic heterocycles. The van der Waals surface area contributed by atoms with Crippen molar-refractivity contribution in [3.05, 3.63) is 81.0 Å². The summed E-state index contributed by atoms with van der Waals surface area (Å²) in [6.07, 6.45) is 0.384. The average Bonchev–Trinajstić information content (AvgIpc) is 3.25. The largest absolute Gasteiger partial charge is 0.449 e. The van der Waals surface area contributed by atoms with E-state index in [1.807, 2.05) is 18.2 Å². The van der Waals surface area contributed by atoms with Crippen LogP contribution in [0.1, 0.15) is 32.0 Å². The summed E-state index contributed by atoms with van der Waals surface area (Å²) in [6, 6.07) is 17.4. The van der Waals surface area contributed by atoms with Crippen LogP contribution in [0.2, 0.25) is 4.34 Å². The van der Waals surface area contributed by atoms with Gasteiger partial charge in [0.05, 0.1) is 15.8 Å². The summed E-state index contributed by atoms with van der Waals surface area (Å²) in [4.78, 5) is 39.0. The Kier molecular flexibility index (Phi) is 6.72. The molecule has 0 saturated carbocycles. The highest BCUT2D eigenvalue weighted by Crippen LogP contribution is 2.23. The fourth-order valence-electron chi connectivity index (χ4n) is 3.27. The number of cyclic esters (lactones) is 1. The molecule has 4 rings (SSSR count). The van der Waals surface area contributed by atoms with Gasteiger partial charge in [0.15, 0.2) is 0 Å². The SMILES string of the molecule is O=C(Nc1ccccc1CNC(=O)c1ccc(Cl)s1)c1ccc(N2CCCOC2=O)cc1. The quantitative estimate of drug-likeness (QED) is 0.535. The lowest BCUT2D eigenvalue weighted by Crippen LogP contribution is -2.37. The van der Waals surface area contributed by atoms with Crippen molar-refractivity contribution in [3.63, 3.8) is 0 Å². The molecule has 0 aliphatic carbocycles. The molecule has 2 heterocycles. The lowest BCUT2D eigenvalue weighted by molar-refractivity contribution is 0.0954. The van der Waals surface area contributed by atoms with E-state index in [0.717, 1.165) is 12.0 Å². The van der Waals surface area contributed by atoms with Crippen LogP contribution in [0.5, 0.6) is 0 Å². The Bertz CT molecular complexity index is 1150. The van der Waals surface area contributed by atoms with Crippen molar-refractivity contribution in [2.24, 2.45) is 0 Å². The second-order valence-corrected chi connectivity index (χ2v) is 8.78. The fraction of sp³-hybridized carbons (Fsp3) is 0.174. The molecule has 0 unspecified atom stereocenters. The second kappa shape index (κ2) is 9.84. The van der Waals surface area contributed by atoms with Gasteiger partial charge in [-0.1, -0.05) is 29.8 Å². The molecule has 9 heteroatoms. The van der Waals surface area contributed by atoms with Crippen LogP contribution in [-0.4, -0.2) is 31.1 Å². The maximum atomic E-state index is 12.8. The minimum absolute atomic E-state index is 0.227. The van der Waals surface area contributed by atoms with Gasteiger partial charge in [0.1, 0.15) is 0 Å². The molecule has 164 valence electrons. The van der Waals surface area contributed by atoms with Gasteiger partial charge in [0, 0.05) is 30.0 Å². The smallest absolute Gasteiger partial charge is 0.414 e. The van der Waals surface area contributed by atoms with Crippen molar-refractivity contribution in [3.8, 4) is 0 Å². The number of rotatable bonds is 6. The third-order valence-electron chi connectivity index (χ3n) is 4.92. The lowest BCUT2D eigenvalue weighted by atomic mass is 10.1. The first kappa shape index (κ1) is 21.9. The van der Waals surface area contributed by atoms with Gasteiger partial charge >= 0.3 is 6.09 Å². The van der Waals surface area contributed by atoms with Gasteiger partial charge in [-0.05, 0) is 54.4 Å². The van der Waals surface area contributed by atoms with E-state index in [2.05, 4.69) is 10.6 Å². The lowest BCUT2D eigenvalue weighted by Gasteiger charge is -2.26. The predicted octanol–water partition coefficient (Wildman–Crippen LogP) is 4.93. The maximum Gasteiger partial charge on any atom is 0.414 e. The number of anilines is 2. The van der Waals surface area contributed by atoms with E-state index in [-0.39, 0.29) is 24.5 Å². The summed E-state index contributed by atoms with van der Waals surface area (Å²) in [7, 11) is 0. The first-order chi connectivity index (χ1) is 15.5. The minimum atomic E-state index is -0.380. The molecule has 7 nitrogen and oxygen atoms in total. The number of halogens is 1. The fourth-order valence-corrected chi connectivity index (χ4v) is 4.23. The molecule has 1 fully saturated rings. The second-order valence-electron chi connectivity index (χ2n) is 7.06. The third kappa shape index (κ3) is 5.09. The number of para-hydroxylation sites is 1. The number of carbonyl (C=O) groups excluding carboxylic acids is 3. The zero-order valence-electron chi connectivity index (χ0n) is 17.0. The van der Waals surface area contributed by atoms with Gasteiger partial charge in [-0.25, -0.2) is 4.79 Å². The van der Waals surface area contributed by atoms with Gasteiger partial charge in [-0.3, -0.25) is 14.5 Å². The molecular formula is C23H20ClN3O4S. The third-order valence-corrected chi connectivity index (χ3v) is 6.15. The standard InChI is InChI=1S/C23H20ClN3O4S/c24-20-11-10-19(32-20)22(29)25-14-16-4-1-2-5-18(16)26-21(28)15-6-8-17(9-7-15)27-12-3-13-31-23(27)30/h1-2,4-11H,3,12-14H2,(H,25,29)(H,26,28). The highest BCUT2D eigenvalue weighted by atomic mass is 35.5. The van der Waals surface area contributed by atoms with Crippen molar-refractivity contribution >= 4 is 52.2 Å². The van der Waals surface area contributed by atoms with Crippen LogP contribution in [0.15, 0.2) is 60.7 Å². The van der Waals surface area contributed by atoms with Crippen molar-refractivity contribution in [1.82, 2.24) is 5.32 Å². The Labute approximate surface area is 193 Å². The number of amides is 3. The Balaban J connectivity index is 1.41. The van der Waals surface area contributed by atoms with Crippen LogP contribution in [0.25, 0.3) is 0 Å². The van der Waals surface area contributed by atoms with Gasteiger partial charge < -0.3 is 15.4 Å². The van der Waals surface area contributed by atoms with Gasteiger partial charge in [-0.2, -0.15) is 0 Å². The van der Waals surface area contributed by atoms with Crippen LogP contribution in [0.4, 0.5) is 16.2 Å². The number of carbonyl (C=O) groups is 3. The molecular weight excluding hydrogens is 450 g/mol. The topological polar surface area (TPSA) is 87.7 Å². The van der Waals surface area contributed by atoms with Crippen molar-refractivity contribution in [2.45, 2.75) is 13.0 Å². The number of nitrogens with zero attached hydrogens (tertiary/aromatic N) is 1. The monoisotopic (exact) mass is 469 g/mol. The summed E-state index contributed by atoms with van der Waals surface area (Å²) in [5.74, 6) is -0.517. The van der Waals surface area contributed by atoms with Crippen LogP contribution < -0.4 is 15.5 Å². The minimum Gasteiger partial charge on any atom is -0.449 e. The summed E-state index contributed by atoms with van der Waals surface area (Å²) < 4.78 is 5.60. The highest BCUT2D eigenvalue weighted by molar-refractivity contribution is 7.18. The molecule has 1 saturated heterocycles. The Hall–Kier alpha value is -3.36. The summed E-state index contributed by atoms with van der Waals surface area (Å²) in [5, 5.41) is 5.73. The molecule has 0 radical (unpaired) electrons. The average molecular weight is 470 g/mol. The van der Waals surface area contributed by atoms with Crippen LogP contribution in [-0.2, 0) is 11.3 Å². The molecule has 32 heavy (non-hydrogen) atoms. The maximum absolute atomic E-state index is 12.8. The van der Waals surface area contributed by atoms with Crippen molar-refractivity contribution < 1.29 is 19.1 Å². The van der Waals surface area contributed by atoms with Gasteiger partial charge in [0.2, 0.25) is 0 Å². The van der Waals surface area contributed by atoms with Crippen molar-refractivity contribution in [2.75, 3.05) is 23.4 Å². The van der Waals surface area contributed by atoms with Gasteiger partial charge in [0.25, 0.3) is 11.8 Å². The van der Waals surface area contributed by atoms with E-state index in [1.54, 1.807) is 47.4 Å². The zero-order chi connectivity index (χ0) is 22.5. The normalized spacial score (nSPS) is 13.4. The first-order valence-electron chi connectivity index (χ1n) is 9.98. The van der Waals surface area contributed by atoms with E-state index < -0.39 is 0 Å². The van der Waals surface area contributed by atoms with Crippen LogP contribution in [0.3, 0.4) is 0 Å². The summed E-state index contributed by atoms with van der Waals surface area (Å²) in [6.45, 7) is 1.26. The highest BCUT2D eigenvalue weighted by Gasteiger charge is 2.21. The number of benzene rings is 2. The Morgan fingerprint density at radius 3 is 2.53 bits per heavy atom. The van der Waals surface area contributed by atoms with Gasteiger partial charge in [-0.15, -0.1) is 11.3 Å². The summed E-state index contributed by atoms with van der Waals surface area (Å²) in [5.41, 5.74) is 2.50. The number of ether oxygens (including phenoxy) is 1.